The van der Waals surface area contributed by atoms with Crippen molar-refractivity contribution in [2.24, 2.45) is 10.1 Å². The maximum absolute atomic E-state index is 12.3. The zero-order chi connectivity index (χ0) is 16.7. The number of thioether (sulfide) groups is 1. The fraction of sp³-hybridized carbons (Fsp3) is 0.0625. The summed E-state index contributed by atoms with van der Waals surface area (Å²) in [4.78, 5) is 20.4. The quantitative estimate of drug-likeness (QED) is 0.850. The Balaban J connectivity index is 1.70. The van der Waals surface area contributed by atoms with Gasteiger partial charge in [-0.25, -0.2) is 0 Å². The zero-order valence-electron chi connectivity index (χ0n) is 12.6. The Morgan fingerprint density at radius 2 is 2.21 bits per heavy atom. The number of rotatable bonds is 2. The summed E-state index contributed by atoms with van der Waals surface area (Å²) in [6.45, 7) is 1.81. The zero-order valence-corrected chi connectivity index (χ0v) is 13.4. The summed E-state index contributed by atoms with van der Waals surface area (Å²) in [5, 5.41) is 15.1. The second-order valence-corrected chi connectivity index (χ2v) is 6.07. The number of aryl methyl sites for hydroxylation is 1. The predicted octanol–water partition coefficient (Wildman–Crippen LogP) is 2.65. The minimum atomic E-state index is -0.476. The van der Waals surface area contributed by atoms with E-state index in [2.05, 4.69) is 15.1 Å². The van der Waals surface area contributed by atoms with E-state index in [1.54, 1.807) is 30.6 Å². The highest BCUT2D eigenvalue weighted by atomic mass is 32.2. The monoisotopic (exact) mass is 337 g/mol. The van der Waals surface area contributed by atoms with Crippen LogP contribution in [0.15, 0.2) is 56.7 Å². The third-order valence-corrected chi connectivity index (χ3v) is 4.37. The van der Waals surface area contributed by atoms with Crippen LogP contribution in [0.2, 0.25) is 0 Å². The lowest BCUT2D eigenvalue weighted by Gasteiger charge is -2.19. The molecule has 2 aromatic rings. The van der Waals surface area contributed by atoms with Crippen LogP contribution >= 0.6 is 11.8 Å². The molecule has 0 fully saturated rings. The molecule has 8 heteroatoms. The van der Waals surface area contributed by atoms with Gasteiger partial charge in [0.15, 0.2) is 5.84 Å². The molecule has 0 spiro atoms. The van der Waals surface area contributed by atoms with Gasteiger partial charge < -0.3 is 4.42 Å². The molecule has 4 heterocycles. The van der Waals surface area contributed by atoms with Crippen LogP contribution in [-0.4, -0.2) is 31.9 Å². The summed E-state index contributed by atoms with van der Waals surface area (Å²) in [6, 6.07) is 7.21. The van der Waals surface area contributed by atoms with Crippen molar-refractivity contribution in [1.29, 1.82) is 5.41 Å². The Kier molecular flexibility index (Phi) is 3.39. The van der Waals surface area contributed by atoms with Crippen LogP contribution in [0.3, 0.4) is 0 Å². The number of carbonyl (C=O) groups is 1. The number of furan rings is 1. The summed E-state index contributed by atoms with van der Waals surface area (Å²) >= 11 is 1.24. The van der Waals surface area contributed by atoms with Crippen molar-refractivity contribution in [3.63, 3.8) is 0 Å². The van der Waals surface area contributed by atoms with Gasteiger partial charge in [0, 0.05) is 18.0 Å². The van der Waals surface area contributed by atoms with Crippen molar-refractivity contribution in [1.82, 2.24) is 9.99 Å². The van der Waals surface area contributed by atoms with E-state index in [1.807, 2.05) is 13.0 Å². The number of hydrogen-bond donors (Lipinski definition) is 1. The van der Waals surface area contributed by atoms with Gasteiger partial charge in [-0.2, -0.15) is 15.1 Å². The maximum Gasteiger partial charge on any atom is 0.283 e. The molecule has 0 saturated heterocycles. The third-order valence-electron chi connectivity index (χ3n) is 3.41. The number of carbonyl (C=O) groups excluding carboxylic acids is 1. The number of hydrazone groups is 1. The average Bonchev–Trinajstić information content (AvgIpc) is 3.18. The van der Waals surface area contributed by atoms with E-state index in [0.29, 0.717) is 16.0 Å². The molecular formula is C16H11N5O2S. The summed E-state index contributed by atoms with van der Waals surface area (Å²) in [7, 11) is 0. The van der Waals surface area contributed by atoms with Gasteiger partial charge in [-0.1, -0.05) is 0 Å². The molecule has 1 amide bonds. The molecule has 2 aromatic heterocycles. The summed E-state index contributed by atoms with van der Waals surface area (Å²) in [6.07, 6.45) is 4.87. The Labute approximate surface area is 141 Å². The average molecular weight is 337 g/mol. The van der Waals surface area contributed by atoms with Crippen LogP contribution in [0.4, 0.5) is 0 Å². The molecule has 0 bridgehead atoms. The van der Waals surface area contributed by atoms with Gasteiger partial charge in [0.2, 0.25) is 5.17 Å². The highest BCUT2D eigenvalue weighted by Crippen LogP contribution is 2.30. The fourth-order valence-electron chi connectivity index (χ4n) is 2.27. The van der Waals surface area contributed by atoms with Gasteiger partial charge in [0.25, 0.3) is 5.91 Å². The first kappa shape index (κ1) is 14.6. The van der Waals surface area contributed by atoms with Crippen molar-refractivity contribution in [3.05, 3.63) is 59.3 Å². The Morgan fingerprint density at radius 1 is 1.33 bits per heavy atom. The third kappa shape index (κ3) is 2.46. The number of nitrogens with zero attached hydrogens (tertiary/aromatic N) is 4. The van der Waals surface area contributed by atoms with Crippen LogP contribution in [0, 0.1) is 12.3 Å². The summed E-state index contributed by atoms with van der Waals surface area (Å²) < 4.78 is 5.44. The van der Waals surface area contributed by atoms with E-state index in [-0.39, 0.29) is 11.4 Å². The molecule has 2 aliphatic heterocycles. The lowest BCUT2D eigenvalue weighted by molar-refractivity contribution is -0.114. The first-order chi connectivity index (χ1) is 11.6. The number of nitrogens with one attached hydrogen (secondary N) is 1. The number of pyridine rings is 1. The standard InChI is InChI=1S/C16H11N5O2S/c1-9-4-5-11(23-9)7-12-13(17)21-16(19-14(12)22)24-15(20-21)10-3-2-6-18-8-10/h2-8,17H,1H3. The molecular weight excluding hydrogens is 326 g/mol. The van der Waals surface area contributed by atoms with Crippen molar-refractivity contribution in [3.8, 4) is 0 Å². The Hall–Kier alpha value is -3.00. The number of amidine groups is 2. The van der Waals surface area contributed by atoms with E-state index in [1.165, 1.54) is 22.8 Å². The molecule has 0 saturated carbocycles. The van der Waals surface area contributed by atoms with Gasteiger partial charge in [0.05, 0.1) is 5.57 Å². The molecule has 2 aliphatic rings. The van der Waals surface area contributed by atoms with Gasteiger partial charge in [-0.05, 0) is 49.0 Å². The topological polar surface area (TPSA) is 94.9 Å². The summed E-state index contributed by atoms with van der Waals surface area (Å²) in [5.74, 6) is 0.734. The SMILES string of the molecule is Cc1ccc(C=C2C(=N)N3N=C(c4cccnc4)SC3=NC2=O)o1. The molecule has 4 rings (SSSR count). The molecule has 24 heavy (non-hydrogen) atoms. The highest BCUT2D eigenvalue weighted by Gasteiger charge is 2.36. The second kappa shape index (κ2) is 5.57. The van der Waals surface area contributed by atoms with E-state index in [4.69, 9.17) is 9.83 Å². The number of amides is 1. The van der Waals surface area contributed by atoms with E-state index in [9.17, 15) is 4.79 Å². The summed E-state index contributed by atoms with van der Waals surface area (Å²) in [5.41, 5.74) is 0.955. The molecule has 0 aliphatic carbocycles. The first-order valence-corrected chi connectivity index (χ1v) is 7.90. The van der Waals surface area contributed by atoms with Gasteiger partial charge in [0.1, 0.15) is 16.6 Å². The second-order valence-electron chi connectivity index (χ2n) is 5.12. The molecule has 0 radical (unpaired) electrons. The van der Waals surface area contributed by atoms with E-state index < -0.39 is 5.91 Å². The van der Waals surface area contributed by atoms with Crippen LogP contribution < -0.4 is 0 Å². The predicted molar refractivity (Wildman–Crippen MR) is 91.8 cm³/mol. The number of hydrogen-bond acceptors (Lipinski definition) is 6. The van der Waals surface area contributed by atoms with Crippen LogP contribution in [0.5, 0.6) is 0 Å². The van der Waals surface area contributed by atoms with Gasteiger partial charge >= 0.3 is 0 Å². The number of aromatic nitrogens is 1. The molecule has 0 aromatic carbocycles. The van der Waals surface area contributed by atoms with Crippen molar-refractivity contribution in [2.45, 2.75) is 6.92 Å². The van der Waals surface area contributed by atoms with Gasteiger partial charge in [-0.3, -0.25) is 15.2 Å². The van der Waals surface area contributed by atoms with Crippen LogP contribution in [-0.2, 0) is 4.79 Å². The first-order valence-electron chi connectivity index (χ1n) is 7.09. The maximum atomic E-state index is 12.3. The highest BCUT2D eigenvalue weighted by molar-refractivity contribution is 8.27. The molecule has 0 atom stereocenters. The minimum Gasteiger partial charge on any atom is -0.462 e. The molecule has 0 unspecified atom stereocenters. The Bertz CT molecular complexity index is 942. The van der Waals surface area contributed by atoms with Crippen molar-refractivity contribution >= 4 is 39.8 Å². The lowest BCUT2D eigenvalue weighted by Crippen LogP contribution is -2.35. The largest absolute Gasteiger partial charge is 0.462 e. The van der Waals surface area contributed by atoms with E-state index in [0.717, 1.165) is 11.3 Å². The number of fused-ring (bicyclic) bond motifs is 1. The van der Waals surface area contributed by atoms with Crippen molar-refractivity contribution in [2.75, 3.05) is 0 Å². The van der Waals surface area contributed by atoms with Crippen LogP contribution in [0.1, 0.15) is 17.1 Å². The smallest absolute Gasteiger partial charge is 0.283 e. The molecule has 118 valence electrons. The minimum absolute atomic E-state index is 0.0227. The molecule has 7 nitrogen and oxygen atoms in total. The number of aliphatic imine (C=N–C) groups is 1. The van der Waals surface area contributed by atoms with Crippen LogP contribution in [0.25, 0.3) is 6.08 Å². The Morgan fingerprint density at radius 3 is 2.92 bits per heavy atom. The normalized spacial score (nSPS) is 18.7. The lowest BCUT2D eigenvalue weighted by atomic mass is 10.1. The molecule has 1 N–H and O–H groups in total. The van der Waals surface area contributed by atoms with Crippen molar-refractivity contribution < 1.29 is 9.21 Å². The fourth-order valence-corrected chi connectivity index (χ4v) is 3.15. The van der Waals surface area contributed by atoms with E-state index >= 15 is 0 Å². The van der Waals surface area contributed by atoms with Gasteiger partial charge in [-0.15, -0.1) is 0 Å².